The Morgan fingerprint density at radius 1 is 1.38 bits per heavy atom. The van der Waals surface area contributed by atoms with Crippen LogP contribution in [0.4, 0.5) is 4.79 Å². The molecule has 2 amide bonds. The molecule has 1 aromatic rings. The van der Waals surface area contributed by atoms with Crippen molar-refractivity contribution in [3.05, 3.63) is 29.8 Å². The number of urea groups is 1. The first-order valence-corrected chi connectivity index (χ1v) is 7.50. The molecule has 0 bridgehead atoms. The normalized spacial score (nSPS) is 16.5. The molecule has 0 aromatic heterocycles. The average Bonchev–Trinajstić information content (AvgIpc) is 2.93. The Morgan fingerprint density at radius 2 is 2.14 bits per heavy atom. The van der Waals surface area contributed by atoms with Gasteiger partial charge in [-0.1, -0.05) is 25.0 Å². The van der Waals surface area contributed by atoms with Gasteiger partial charge in [-0.2, -0.15) is 0 Å². The first kappa shape index (κ1) is 15.6. The summed E-state index contributed by atoms with van der Waals surface area (Å²) in [5.41, 5.74) is 0.714. The average molecular weight is 292 g/mol. The molecule has 0 spiro atoms. The zero-order chi connectivity index (χ0) is 15.1. The second-order valence-corrected chi connectivity index (χ2v) is 5.69. The van der Waals surface area contributed by atoms with Gasteiger partial charge >= 0.3 is 6.03 Å². The van der Waals surface area contributed by atoms with Gasteiger partial charge in [0.2, 0.25) is 0 Å². The van der Waals surface area contributed by atoms with Gasteiger partial charge in [-0.3, -0.25) is 0 Å². The monoisotopic (exact) mass is 292 g/mol. The van der Waals surface area contributed by atoms with Crippen molar-refractivity contribution >= 4 is 6.03 Å². The molecule has 5 heteroatoms. The molecule has 21 heavy (non-hydrogen) atoms. The number of hydrogen-bond acceptors (Lipinski definition) is 3. The zero-order valence-corrected chi connectivity index (χ0v) is 12.5. The summed E-state index contributed by atoms with van der Waals surface area (Å²) in [6, 6.07) is 7.56. The fourth-order valence-corrected chi connectivity index (χ4v) is 2.70. The van der Waals surface area contributed by atoms with Gasteiger partial charge < -0.3 is 20.5 Å². The van der Waals surface area contributed by atoms with Gasteiger partial charge in [-0.15, -0.1) is 0 Å². The SMILES string of the molecule is Cc1cccc(OCCNC(=O)NC2(CO)CCCC2)c1. The van der Waals surface area contributed by atoms with Gasteiger partial charge in [0.25, 0.3) is 0 Å². The smallest absolute Gasteiger partial charge is 0.315 e. The minimum Gasteiger partial charge on any atom is -0.492 e. The third-order valence-corrected chi connectivity index (χ3v) is 3.89. The second-order valence-electron chi connectivity index (χ2n) is 5.69. The van der Waals surface area contributed by atoms with E-state index in [0.717, 1.165) is 37.0 Å². The summed E-state index contributed by atoms with van der Waals surface area (Å²) in [5.74, 6) is 0.805. The first-order chi connectivity index (χ1) is 10.1. The molecule has 1 aromatic carbocycles. The van der Waals surface area contributed by atoms with Crippen LogP contribution in [0.5, 0.6) is 5.75 Å². The number of aliphatic hydroxyl groups is 1. The molecule has 0 saturated heterocycles. The number of aliphatic hydroxyl groups excluding tert-OH is 1. The summed E-state index contributed by atoms with van der Waals surface area (Å²) < 4.78 is 5.57. The third kappa shape index (κ3) is 4.63. The highest BCUT2D eigenvalue weighted by Crippen LogP contribution is 2.28. The standard InChI is InChI=1S/C16H24N2O3/c1-13-5-4-6-14(11-13)21-10-9-17-15(20)18-16(12-19)7-2-3-8-16/h4-6,11,19H,2-3,7-10,12H2,1H3,(H2,17,18,20). The predicted molar refractivity (Wildman–Crippen MR) is 81.5 cm³/mol. The van der Waals surface area contributed by atoms with Crippen molar-refractivity contribution in [2.45, 2.75) is 38.1 Å². The van der Waals surface area contributed by atoms with Crippen LogP contribution in [0.2, 0.25) is 0 Å². The molecule has 2 rings (SSSR count). The van der Waals surface area contributed by atoms with Crippen LogP contribution in [-0.2, 0) is 0 Å². The minimum absolute atomic E-state index is 0.000211. The summed E-state index contributed by atoms with van der Waals surface area (Å²) >= 11 is 0. The van der Waals surface area contributed by atoms with Crippen LogP contribution < -0.4 is 15.4 Å². The quantitative estimate of drug-likeness (QED) is 0.702. The van der Waals surface area contributed by atoms with Crippen molar-refractivity contribution < 1.29 is 14.6 Å². The molecule has 5 nitrogen and oxygen atoms in total. The third-order valence-electron chi connectivity index (χ3n) is 3.89. The van der Waals surface area contributed by atoms with Crippen LogP contribution >= 0.6 is 0 Å². The molecule has 0 atom stereocenters. The molecule has 1 saturated carbocycles. The van der Waals surface area contributed by atoms with Crippen LogP contribution in [0.15, 0.2) is 24.3 Å². The van der Waals surface area contributed by atoms with E-state index in [1.54, 1.807) is 0 Å². The number of hydrogen-bond donors (Lipinski definition) is 3. The van der Waals surface area contributed by atoms with Crippen LogP contribution in [0, 0.1) is 6.92 Å². The molecule has 0 radical (unpaired) electrons. The Bertz CT molecular complexity index is 470. The number of aryl methyl sites for hydroxylation is 1. The van der Waals surface area contributed by atoms with E-state index in [0.29, 0.717) is 13.2 Å². The van der Waals surface area contributed by atoms with Crippen molar-refractivity contribution in [3.63, 3.8) is 0 Å². The lowest BCUT2D eigenvalue weighted by Gasteiger charge is -2.27. The number of rotatable bonds is 6. The Hall–Kier alpha value is -1.75. The van der Waals surface area contributed by atoms with Crippen molar-refractivity contribution in [2.75, 3.05) is 19.8 Å². The predicted octanol–water partition coefficient (Wildman–Crippen LogP) is 1.98. The molecule has 3 N–H and O–H groups in total. The second kappa shape index (κ2) is 7.31. The fraction of sp³-hybridized carbons (Fsp3) is 0.562. The number of carbonyl (C=O) groups is 1. The lowest BCUT2D eigenvalue weighted by molar-refractivity contribution is 0.162. The van der Waals surface area contributed by atoms with E-state index in [2.05, 4.69) is 10.6 Å². The van der Waals surface area contributed by atoms with Gasteiger partial charge in [-0.05, 0) is 37.5 Å². The van der Waals surface area contributed by atoms with Crippen molar-refractivity contribution in [1.29, 1.82) is 0 Å². The number of nitrogens with one attached hydrogen (secondary N) is 2. The van der Waals surface area contributed by atoms with Gasteiger partial charge in [0, 0.05) is 0 Å². The minimum atomic E-state index is -0.429. The Morgan fingerprint density at radius 3 is 2.81 bits per heavy atom. The molecule has 1 aliphatic rings. The molecule has 0 heterocycles. The van der Waals surface area contributed by atoms with Crippen LogP contribution in [-0.4, -0.2) is 36.4 Å². The summed E-state index contributed by atoms with van der Waals surface area (Å²) in [6.45, 7) is 2.86. The summed E-state index contributed by atoms with van der Waals surface area (Å²) in [5, 5.41) is 15.1. The first-order valence-electron chi connectivity index (χ1n) is 7.50. The Kier molecular flexibility index (Phi) is 5.44. The van der Waals surface area contributed by atoms with E-state index in [1.165, 1.54) is 0 Å². The Labute approximate surface area is 125 Å². The van der Waals surface area contributed by atoms with E-state index in [9.17, 15) is 9.90 Å². The number of amides is 2. The van der Waals surface area contributed by atoms with Crippen molar-refractivity contribution in [1.82, 2.24) is 10.6 Å². The number of carbonyl (C=O) groups excluding carboxylic acids is 1. The van der Waals surface area contributed by atoms with E-state index >= 15 is 0 Å². The van der Waals surface area contributed by atoms with E-state index in [1.807, 2.05) is 31.2 Å². The highest BCUT2D eigenvalue weighted by Gasteiger charge is 2.34. The Balaban J connectivity index is 1.67. The van der Waals surface area contributed by atoms with Crippen molar-refractivity contribution in [3.8, 4) is 5.75 Å². The van der Waals surface area contributed by atoms with E-state index in [4.69, 9.17) is 4.74 Å². The lowest BCUT2D eigenvalue weighted by atomic mass is 9.99. The van der Waals surface area contributed by atoms with Crippen LogP contribution in [0.1, 0.15) is 31.2 Å². The molecular weight excluding hydrogens is 268 g/mol. The summed E-state index contributed by atoms with van der Waals surface area (Å²) in [4.78, 5) is 11.8. The maximum absolute atomic E-state index is 11.8. The summed E-state index contributed by atoms with van der Waals surface area (Å²) in [6.07, 6.45) is 3.79. The van der Waals surface area contributed by atoms with Gasteiger partial charge in [0.05, 0.1) is 18.7 Å². The number of ether oxygens (including phenoxy) is 1. The van der Waals surface area contributed by atoms with Crippen molar-refractivity contribution in [2.24, 2.45) is 0 Å². The highest BCUT2D eigenvalue weighted by atomic mass is 16.5. The maximum Gasteiger partial charge on any atom is 0.315 e. The van der Waals surface area contributed by atoms with E-state index in [-0.39, 0.29) is 12.6 Å². The maximum atomic E-state index is 11.8. The van der Waals surface area contributed by atoms with Gasteiger partial charge in [-0.25, -0.2) is 4.79 Å². The van der Waals surface area contributed by atoms with Crippen LogP contribution in [0.3, 0.4) is 0 Å². The topological polar surface area (TPSA) is 70.6 Å². The lowest BCUT2D eigenvalue weighted by Crippen LogP contribution is -2.53. The fourth-order valence-electron chi connectivity index (χ4n) is 2.70. The largest absolute Gasteiger partial charge is 0.492 e. The zero-order valence-electron chi connectivity index (χ0n) is 12.5. The van der Waals surface area contributed by atoms with Gasteiger partial charge in [0.1, 0.15) is 12.4 Å². The van der Waals surface area contributed by atoms with Gasteiger partial charge in [0.15, 0.2) is 0 Å². The molecular formula is C16H24N2O3. The highest BCUT2D eigenvalue weighted by molar-refractivity contribution is 5.74. The molecule has 0 aliphatic heterocycles. The van der Waals surface area contributed by atoms with E-state index < -0.39 is 5.54 Å². The van der Waals surface area contributed by atoms with Crippen LogP contribution in [0.25, 0.3) is 0 Å². The number of benzene rings is 1. The molecule has 116 valence electrons. The molecule has 0 unspecified atom stereocenters. The summed E-state index contributed by atoms with van der Waals surface area (Å²) in [7, 11) is 0. The molecule has 1 aliphatic carbocycles. The molecule has 1 fully saturated rings.